The molecule has 0 radical (unpaired) electrons. The van der Waals surface area contributed by atoms with Crippen molar-refractivity contribution < 1.29 is 23.1 Å². The van der Waals surface area contributed by atoms with Crippen LogP contribution in [0.15, 0.2) is 65.7 Å². The first-order valence-corrected chi connectivity index (χ1v) is 13.7. The number of imidazole rings is 1. The molecule has 2 heterocycles. The summed E-state index contributed by atoms with van der Waals surface area (Å²) in [5.41, 5.74) is 8.20. The minimum Gasteiger partial charge on any atom is -0.382 e. The van der Waals surface area contributed by atoms with Crippen molar-refractivity contribution in [3.05, 3.63) is 77.6 Å². The molecule has 1 fully saturated rings. The van der Waals surface area contributed by atoms with Crippen molar-refractivity contribution in [3.8, 4) is 0 Å². The van der Waals surface area contributed by atoms with Crippen molar-refractivity contribution in [1.29, 1.82) is 0 Å². The molecule has 1 aliphatic heterocycles. The molecule has 4 rings (SSSR count). The molecule has 202 valence electrons. The Labute approximate surface area is 221 Å². The zero-order valence-electron chi connectivity index (χ0n) is 21.2. The van der Waals surface area contributed by atoms with Crippen LogP contribution >= 0.6 is 0 Å². The summed E-state index contributed by atoms with van der Waals surface area (Å²) < 4.78 is 28.7. The number of carbonyl (C=O) groups is 2. The largest absolute Gasteiger partial charge is 0.382 e. The smallest absolute Gasteiger partial charge is 0.257 e. The maximum absolute atomic E-state index is 13.0. The minimum atomic E-state index is -3.88. The number of nitrogens with one attached hydrogen (secondary N) is 3. The van der Waals surface area contributed by atoms with Crippen LogP contribution in [0.25, 0.3) is 0 Å². The van der Waals surface area contributed by atoms with Gasteiger partial charge in [-0.15, -0.1) is 0 Å². The summed E-state index contributed by atoms with van der Waals surface area (Å²) in [4.78, 5) is 34.2. The third kappa shape index (κ3) is 6.45. The van der Waals surface area contributed by atoms with Gasteiger partial charge >= 0.3 is 0 Å². The summed E-state index contributed by atoms with van der Waals surface area (Å²) in [7, 11) is -3.88. The zero-order chi connectivity index (χ0) is 27.4. The summed E-state index contributed by atoms with van der Waals surface area (Å²) in [6.07, 6.45) is 0.276. The molecular formula is C26H32N6O5S. The average molecular weight is 541 g/mol. The highest BCUT2D eigenvalue weighted by molar-refractivity contribution is 7.89. The summed E-state index contributed by atoms with van der Waals surface area (Å²) in [5, 5.41) is 13.8. The molecule has 3 aromatic rings. The standard InChI is InChI=1S/C26H32N6O5S/c1-16-8-10-20(11-9-16)38(36,37)31-19-13-22(24(27)34)32(15-19)21(12-18-6-4-3-5-7-18)23(33)25(35)30-26-28-14-17(2)29-26/h3-11,14,19,21-23,31,33H,12-13,15H2,1-2H3,(H2,27,34)(H2,28,29,30,35)/t19-,21?,22+,23?/m1/s1. The molecule has 38 heavy (non-hydrogen) atoms. The number of aryl methyl sites for hydroxylation is 2. The van der Waals surface area contributed by atoms with Crippen molar-refractivity contribution in [2.24, 2.45) is 5.73 Å². The van der Waals surface area contributed by atoms with Crippen LogP contribution in [-0.2, 0) is 26.0 Å². The molecule has 2 amide bonds. The molecule has 0 bridgehead atoms. The van der Waals surface area contributed by atoms with Crippen LogP contribution in [0.4, 0.5) is 5.95 Å². The number of hydrogen-bond donors (Lipinski definition) is 5. The SMILES string of the molecule is Cc1ccc(S(=O)(=O)N[C@@H]2C[C@@H](C(N)=O)N(C(Cc3ccccc3)C(O)C(=O)Nc3ncc(C)[nH]3)C2)cc1. The number of H-pyrrole nitrogens is 1. The van der Waals surface area contributed by atoms with Gasteiger partial charge in [0.05, 0.1) is 10.9 Å². The van der Waals surface area contributed by atoms with Crippen LogP contribution < -0.4 is 15.8 Å². The highest BCUT2D eigenvalue weighted by Gasteiger charge is 2.44. The molecule has 2 aromatic carbocycles. The number of sulfonamides is 1. The highest BCUT2D eigenvalue weighted by atomic mass is 32.2. The van der Waals surface area contributed by atoms with Crippen molar-refractivity contribution in [2.45, 2.75) is 55.8 Å². The van der Waals surface area contributed by atoms with E-state index in [1.54, 1.807) is 24.0 Å². The van der Waals surface area contributed by atoms with Crippen LogP contribution in [0.5, 0.6) is 0 Å². The maximum atomic E-state index is 13.0. The molecule has 4 atom stereocenters. The molecule has 6 N–H and O–H groups in total. The van der Waals surface area contributed by atoms with Gasteiger partial charge in [0.15, 0.2) is 0 Å². The van der Waals surface area contributed by atoms with E-state index in [9.17, 15) is 23.1 Å². The second kappa shape index (κ2) is 11.4. The third-order valence-corrected chi connectivity index (χ3v) is 8.15. The Hall–Kier alpha value is -3.58. The van der Waals surface area contributed by atoms with E-state index >= 15 is 0 Å². The molecule has 1 aromatic heterocycles. The number of aromatic nitrogens is 2. The number of carbonyl (C=O) groups excluding carboxylic acids is 2. The van der Waals surface area contributed by atoms with Gasteiger partial charge in [0.25, 0.3) is 5.91 Å². The number of hydrogen-bond acceptors (Lipinski definition) is 7. The number of nitrogens with two attached hydrogens (primary N) is 1. The Kier molecular flexibility index (Phi) is 8.26. The number of aromatic amines is 1. The van der Waals surface area contributed by atoms with E-state index in [0.29, 0.717) is 0 Å². The van der Waals surface area contributed by atoms with E-state index in [1.165, 1.54) is 18.3 Å². The van der Waals surface area contributed by atoms with Crippen molar-refractivity contribution in [1.82, 2.24) is 19.6 Å². The number of amides is 2. The molecule has 0 saturated carbocycles. The van der Waals surface area contributed by atoms with Crippen LogP contribution in [-0.4, -0.2) is 71.0 Å². The lowest BCUT2D eigenvalue weighted by Crippen LogP contribution is -2.55. The number of likely N-dealkylation sites (tertiary alicyclic amines) is 1. The normalized spacial score (nSPS) is 19.7. The van der Waals surface area contributed by atoms with Gasteiger partial charge in [-0.1, -0.05) is 48.0 Å². The fourth-order valence-corrected chi connectivity index (χ4v) is 5.95. The molecule has 0 spiro atoms. The van der Waals surface area contributed by atoms with E-state index < -0.39 is 46.1 Å². The summed E-state index contributed by atoms with van der Waals surface area (Å²) in [5.74, 6) is -1.21. The maximum Gasteiger partial charge on any atom is 0.257 e. The lowest BCUT2D eigenvalue weighted by Gasteiger charge is -2.34. The first-order valence-electron chi connectivity index (χ1n) is 12.2. The minimum absolute atomic E-state index is 0.0698. The Bertz CT molecular complexity index is 1380. The summed E-state index contributed by atoms with van der Waals surface area (Å²) in [6.45, 7) is 3.70. The lowest BCUT2D eigenvalue weighted by atomic mass is 9.98. The van der Waals surface area contributed by atoms with Gasteiger partial charge in [0.2, 0.25) is 21.9 Å². The number of rotatable bonds is 10. The third-order valence-electron chi connectivity index (χ3n) is 6.61. The number of primary amides is 1. The Morgan fingerprint density at radius 3 is 2.45 bits per heavy atom. The van der Waals surface area contributed by atoms with Gasteiger partial charge < -0.3 is 15.8 Å². The lowest BCUT2D eigenvalue weighted by molar-refractivity contribution is -0.131. The van der Waals surface area contributed by atoms with Crippen molar-refractivity contribution in [2.75, 3.05) is 11.9 Å². The van der Waals surface area contributed by atoms with E-state index in [-0.39, 0.29) is 30.2 Å². The van der Waals surface area contributed by atoms with E-state index in [2.05, 4.69) is 20.0 Å². The number of benzene rings is 2. The number of aliphatic hydroxyl groups excluding tert-OH is 1. The Balaban J connectivity index is 1.59. The average Bonchev–Trinajstić information content (AvgIpc) is 3.48. The molecule has 2 unspecified atom stereocenters. The van der Waals surface area contributed by atoms with Gasteiger partial charge in [0, 0.05) is 30.5 Å². The molecule has 12 heteroatoms. The van der Waals surface area contributed by atoms with Gasteiger partial charge in [-0.3, -0.25) is 19.8 Å². The second-order valence-corrected chi connectivity index (χ2v) is 11.3. The van der Waals surface area contributed by atoms with Crippen LogP contribution in [0, 0.1) is 13.8 Å². The predicted molar refractivity (Wildman–Crippen MR) is 141 cm³/mol. The predicted octanol–water partition coefficient (Wildman–Crippen LogP) is 0.844. The summed E-state index contributed by atoms with van der Waals surface area (Å²) in [6, 6.07) is 13.2. The van der Waals surface area contributed by atoms with Gasteiger partial charge in [0.1, 0.15) is 6.10 Å². The number of aliphatic hydroxyl groups is 1. The van der Waals surface area contributed by atoms with Crippen molar-refractivity contribution >= 4 is 27.8 Å². The fourth-order valence-electron chi connectivity index (χ4n) is 4.70. The van der Waals surface area contributed by atoms with E-state index in [1.807, 2.05) is 37.3 Å². The van der Waals surface area contributed by atoms with Gasteiger partial charge in [-0.2, -0.15) is 0 Å². The molecule has 1 aliphatic rings. The summed E-state index contributed by atoms with van der Waals surface area (Å²) >= 11 is 0. The molecule has 11 nitrogen and oxygen atoms in total. The zero-order valence-corrected chi connectivity index (χ0v) is 22.0. The highest BCUT2D eigenvalue weighted by Crippen LogP contribution is 2.26. The Morgan fingerprint density at radius 1 is 1.16 bits per heavy atom. The van der Waals surface area contributed by atoms with Gasteiger partial charge in [-0.25, -0.2) is 18.1 Å². The monoisotopic (exact) mass is 540 g/mol. The molecule has 1 saturated heterocycles. The second-order valence-electron chi connectivity index (χ2n) is 9.59. The van der Waals surface area contributed by atoms with E-state index in [4.69, 9.17) is 5.73 Å². The van der Waals surface area contributed by atoms with E-state index in [0.717, 1.165) is 16.8 Å². The topological polar surface area (TPSA) is 171 Å². The quantitative estimate of drug-likeness (QED) is 0.254. The molecular weight excluding hydrogens is 508 g/mol. The first kappa shape index (κ1) is 27.5. The molecule has 0 aliphatic carbocycles. The van der Waals surface area contributed by atoms with Crippen LogP contribution in [0.2, 0.25) is 0 Å². The number of anilines is 1. The Morgan fingerprint density at radius 2 is 1.84 bits per heavy atom. The fraction of sp³-hybridized carbons (Fsp3) is 0.346. The van der Waals surface area contributed by atoms with Crippen LogP contribution in [0.3, 0.4) is 0 Å². The number of nitrogens with zero attached hydrogens (tertiary/aromatic N) is 2. The van der Waals surface area contributed by atoms with Gasteiger partial charge in [-0.05, 0) is 44.4 Å². The van der Waals surface area contributed by atoms with Crippen molar-refractivity contribution in [3.63, 3.8) is 0 Å². The first-order chi connectivity index (χ1) is 18.0. The van der Waals surface area contributed by atoms with Crippen LogP contribution in [0.1, 0.15) is 23.2 Å².